The van der Waals surface area contributed by atoms with E-state index < -0.39 is 0 Å². The molecule has 126 valence electrons. The first-order chi connectivity index (χ1) is 11.7. The van der Waals surface area contributed by atoms with Crippen molar-refractivity contribution in [2.24, 2.45) is 0 Å². The lowest BCUT2D eigenvalue weighted by Gasteiger charge is -2.22. The highest BCUT2D eigenvalue weighted by molar-refractivity contribution is 5.91. The third kappa shape index (κ3) is 4.06. The van der Waals surface area contributed by atoms with E-state index in [1.54, 1.807) is 4.90 Å². The lowest BCUT2D eigenvalue weighted by molar-refractivity contribution is 0.185. The number of aliphatic hydroxyl groups is 1. The summed E-state index contributed by atoms with van der Waals surface area (Å²) < 4.78 is 5.90. The number of nitrogens with one attached hydrogen (secondary N) is 1. The Hall–Kier alpha value is -2.53. The fourth-order valence-corrected chi connectivity index (χ4v) is 2.52. The lowest BCUT2D eigenvalue weighted by atomic mass is 10.2. The Bertz CT molecular complexity index is 696. The monoisotopic (exact) mass is 326 g/mol. The molecule has 24 heavy (non-hydrogen) atoms. The molecule has 0 spiro atoms. The van der Waals surface area contributed by atoms with E-state index >= 15 is 0 Å². The second-order valence-electron chi connectivity index (χ2n) is 5.99. The van der Waals surface area contributed by atoms with E-state index in [1.165, 1.54) is 0 Å². The number of nitrogens with zero attached hydrogens (tertiary/aromatic N) is 1. The van der Waals surface area contributed by atoms with E-state index in [0.29, 0.717) is 18.0 Å². The number of carbonyl (C=O) groups excluding carboxylic acids is 1. The molecule has 0 aromatic heterocycles. The van der Waals surface area contributed by atoms with Gasteiger partial charge < -0.3 is 20.1 Å². The van der Waals surface area contributed by atoms with E-state index in [9.17, 15) is 4.79 Å². The van der Waals surface area contributed by atoms with Crippen molar-refractivity contribution in [2.75, 3.05) is 18.5 Å². The molecule has 0 bridgehead atoms. The molecule has 2 amide bonds. The Balaban J connectivity index is 1.73. The Morgan fingerprint density at radius 3 is 2.58 bits per heavy atom. The number of aryl methyl sites for hydroxylation is 1. The predicted octanol–water partition coefficient (Wildman–Crippen LogP) is 3.78. The van der Waals surface area contributed by atoms with E-state index in [2.05, 4.69) is 5.32 Å². The van der Waals surface area contributed by atoms with Crippen molar-refractivity contribution >= 4 is 11.7 Å². The average molecular weight is 326 g/mol. The third-order valence-corrected chi connectivity index (χ3v) is 3.97. The summed E-state index contributed by atoms with van der Waals surface area (Å²) in [6.45, 7) is 2.33. The van der Waals surface area contributed by atoms with Gasteiger partial charge in [0.15, 0.2) is 5.75 Å². The summed E-state index contributed by atoms with van der Waals surface area (Å²) >= 11 is 0. The largest absolute Gasteiger partial charge is 0.455 e. The van der Waals surface area contributed by atoms with E-state index in [1.807, 2.05) is 55.5 Å². The van der Waals surface area contributed by atoms with Crippen molar-refractivity contribution in [2.45, 2.75) is 25.8 Å². The molecular formula is C19H22N2O3. The predicted molar refractivity (Wildman–Crippen MR) is 93.5 cm³/mol. The zero-order valence-electron chi connectivity index (χ0n) is 13.7. The number of anilines is 1. The van der Waals surface area contributed by atoms with Crippen LogP contribution in [0.1, 0.15) is 18.4 Å². The number of ether oxygens (including phenoxy) is 1. The van der Waals surface area contributed by atoms with Gasteiger partial charge >= 0.3 is 6.03 Å². The van der Waals surface area contributed by atoms with Gasteiger partial charge in [-0.2, -0.15) is 0 Å². The van der Waals surface area contributed by atoms with Gasteiger partial charge in [-0.1, -0.05) is 29.8 Å². The van der Waals surface area contributed by atoms with E-state index in [-0.39, 0.29) is 18.7 Å². The van der Waals surface area contributed by atoms with Crippen LogP contribution in [-0.2, 0) is 0 Å². The zero-order chi connectivity index (χ0) is 16.9. The van der Waals surface area contributed by atoms with Gasteiger partial charge in [0.05, 0.1) is 12.3 Å². The van der Waals surface area contributed by atoms with Gasteiger partial charge in [0.2, 0.25) is 0 Å². The topological polar surface area (TPSA) is 61.8 Å². The van der Waals surface area contributed by atoms with Gasteiger partial charge in [0.25, 0.3) is 0 Å². The highest BCUT2D eigenvalue weighted by Crippen LogP contribution is 2.31. The SMILES string of the molecule is Cc1ccc(Oc2ccccc2NC(=O)N(CCO)C2CC2)cc1. The maximum atomic E-state index is 12.5. The molecule has 1 aliphatic rings. The minimum absolute atomic E-state index is 0.0363. The smallest absolute Gasteiger partial charge is 0.322 e. The molecule has 0 unspecified atom stereocenters. The maximum Gasteiger partial charge on any atom is 0.322 e. The molecule has 0 atom stereocenters. The first-order valence-corrected chi connectivity index (χ1v) is 8.19. The summed E-state index contributed by atoms with van der Waals surface area (Å²) in [6, 6.07) is 15.1. The summed E-state index contributed by atoms with van der Waals surface area (Å²) in [5.74, 6) is 1.31. The third-order valence-electron chi connectivity index (χ3n) is 3.97. The van der Waals surface area contributed by atoms with Gasteiger partial charge in [0, 0.05) is 12.6 Å². The van der Waals surface area contributed by atoms with Crippen LogP contribution in [0, 0.1) is 6.92 Å². The molecule has 5 heteroatoms. The Labute approximate surface area is 141 Å². The molecule has 5 nitrogen and oxygen atoms in total. The summed E-state index contributed by atoms with van der Waals surface area (Å²) in [7, 11) is 0. The molecule has 0 heterocycles. The summed E-state index contributed by atoms with van der Waals surface area (Å²) in [5.41, 5.74) is 1.78. The summed E-state index contributed by atoms with van der Waals surface area (Å²) in [5, 5.41) is 12.1. The second kappa shape index (κ2) is 7.36. The minimum atomic E-state index is -0.202. The molecule has 1 fully saturated rings. The molecule has 3 rings (SSSR count). The molecule has 1 saturated carbocycles. The number of amides is 2. The number of hydrogen-bond donors (Lipinski definition) is 2. The maximum absolute atomic E-state index is 12.5. The number of para-hydroxylation sites is 2. The molecule has 0 saturated heterocycles. The molecular weight excluding hydrogens is 304 g/mol. The molecule has 2 N–H and O–H groups in total. The molecule has 2 aromatic rings. The van der Waals surface area contributed by atoms with Crippen LogP contribution in [0.2, 0.25) is 0 Å². The molecule has 0 radical (unpaired) electrons. The van der Waals surface area contributed by atoms with Crippen LogP contribution in [0.5, 0.6) is 11.5 Å². The van der Waals surface area contributed by atoms with Crippen molar-refractivity contribution in [1.29, 1.82) is 0 Å². The summed E-state index contributed by atoms with van der Waals surface area (Å²) in [4.78, 5) is 14.2. The fourth-order valence-electron chi connectivity index (χ4n) is 2.52. The van der Waals surface area contributed by atoms with Crippen LogP contribution in [-0.4, -0.2) is 35.2 Å². The highest BCUT2D eigenvalue weighted by atomic mass is 16.5. The number of benzene rings is 2. The Morgan fingerprint density at radius 2 is 1.92 bits per heavy atom. The quantitative estimate of drug-likeness (QED) is 0.849. The Kier molecular flexibility index (Phi) is 5.01. The fraction of sp³-hybridized carbons (Fsp3) is 0.316. The number of hydrogen-bond acceptors (Lipinski definition) is 3. The van der Waals surface area contributed by atoms with Gasteiger partial charge in [-0.15, -0.1) is 0 Å². The van der Waals surface area contributed by atoms with Crippen LogP contribution < -0.4 is 10.1 Å². The number of aliphatic hydroxyl groups excluding tert-OH is 1. The lowest BCUT2D eigenvalue weighted by Crippen LogP contribution is -2.38. The highest BCUT2D eigenvalue weighted by Gasteiger charge is 2.32. The first kappa shape index (κ1) is 16.3. The second-order valence-corrected chi connectivity index (χ2v) is 5.99. The average Bonchev–Trinajstić information content (AvgIpc) is 3.41. The van der Waals surface area contributed by atoms with Crippen molar-refractivity contribution in [3.8, 4) is 11.5 Å². The first-order valence-electron chi connectivity index (χ1n) is 8.19. The normalized spacial score (nSPS) is 13.4. The van der Waals surface area contributed by atoms with Crippen molar-refractivity contribution in [3.63, 3.8) is 0 Å². The van der Waals surface area contributed by atoms with Crippen LogP contribution in [0.4, 0.5) is 10.5 Å². The van der Waals surface area contributed by atoms with Crippen molar-refractivity contribution in [1.82, 2.24) is 4.90 Å². The van der Waals surface area contributed by atoms with E-state index in [0.717, 1.165) is 24.2 Å². The van der Waals surface area contributed by atoms with Crippen molar-refractivity contribution < 1.29 is 14.6 Å². The van der Waals surface area contributed by atoms with Gasteiger partial charge in [-0.3, -0.25) is 0 Å². The number of urea groups is 1. The van der Waals surface area contributed by atoms with Gasteiger partial charge in [-0.25, -0.2) is 4.79 Å². The van der Waals surface area contributed by atoms with Crippen LogP contribution in [0.3, 0.4) is 0 Å². The minimum Gasteiger partial charge on any atom is -0.455 e. The van der Waals surface area contributed by atoms with Crippen LogP contribution in [0.15, 0.2) is 48.5 Å². The van der Waals surface area contributed by atoms with E-state index in [4.69, 9.17) is 9.84 Å². The Morgan fingerprint density at radius 1 is 1.21 bits per heavy atom. The molecule has 1 aliphatic carbocycles. The van der Waals surface area contributed by atoms with Gasteiger partial charge in [-0.05, 0) is 44.0 Å². The number of rotatable bonds is 6. The van der Waals surface area contributed by atoms with Crippen LogP contribution in [0.25, 0.3) is 0 Å². The standard InChI is InChI=1S/C19H22N2O3/c1-14-6-10-16(11-7-14)24-18-5-3-2-4-17(18)20-19(23)21(12-13-22)15-8-9-15/h2-7,10-11,15,22H,8-9,12-13H2,1H3,(H,20,23). The molecule has 2 aromatic carbocycles. The van der Waals surface area contributed by atoms with Crippen molar-refractivity contribution in [3.05, 3.63) is 54.1 Å². The van der Waals surface area contributed by atoms with Crippen LogP contribution >= 0.6 is 0 Å². The molecule has 0 aliphatic heterocycles. The van der Waals surface area contributed by atoms with Gasteiger partial charge in [0.1, 0.15) is 5.75 Å². The summed E-state index contributed by atoms with van der Waals surface area (Å²) in [6.07, 6.45) is 1.99. The number of carbonyl (C=O) groups is 1. The zero-order valence-corrected chi connectivity index (χ0v) is 13.7.